The summed E-state index contributed by atoms with van der Waals surface area (Å²) in [4.78, 5) is 4.07. The zero-order chi connectivity index (χ0) is 13.0. The molecule has 1 N–H and O–H groups in total. The highest BCUT2D eigenvalue weighted by atomic mass is 35.5. The molecule has 0 aliphatic carbocycles. The standard InChI is InChI=1S/C14H15ClN2O/c1-10-7-8-16-14(15)13(10)17-9-11-5-3-4-6-12(11)18-2/h3-8,17H,9H2,1-2H3. The molecule has 0 saturated heterocycles. The van der Waals surface area contributed by atoms with Crippen molar-refractivity contribution in [2.24, 2.45) is 0 Å². The molecular weight excluding hydrogens is 248 g/mol. The number of halogens is 1. The number of pyridine rings is 1. The second-order valence-electron chi connectivity index (χ2n) is 3.96. The third kappa shape index (κ3) is 2.74. The number of ether oxygens (including phenoxy) is 1. The predicted octanol–water partition coefficient (Wildman–Crippen LogP) is 3.66. The number of nitrogens with one attached hydrogen (secondary N) is 1. The van der Waals surface area contributed by atoms with E-state index in [0.717, 1.165) is 22.6 Å². The second-order valence-corrected chi connectivity index (χ2v) is 4.32. The van der Waals surface area contributed by atoms with E-state index >= 15 is 0 Å². The maximum atomic E-state index is 6.06. The van der Waals surface area contributed by atoms with Gasteiger partial charge in [-0.25, -0.2) is 4.98 Å². The van der Waals surface area contributed by atoms with E-state index in [1.54, 1.807) is 13.3 Å². The molecule has 0 unspecified atom stereocenters. The Morgan fingerprint density at radius 1 is 1.28 bits per heavy atom. The molecule has 0 aliphatic heterocycles. The van der Waals surface area contributed by atoms with Crippen molar-refractivity contribution in [2.75, 3.05) is 12.4 Å². The van der Waals surface area contributed by atoms with Gasteiger partial charge in [-0.15, -0.1) is 0 Å². The summed E-state index contributed by atoms with van der Waals surface area (Å²) >= 11 is 6.06. The van der Waals surface area contributed by atoms with Gasteiger partial charge < -0.3 is 10.1 Å². The van der Waals surface area contributed by atoms with Crippen molar-refractivity contribution in [3.63, 3.8) is 0 Å². The number of aryl methyl sites for hydroxylation is 1. The molecule has 0 atom stereocenters. The van der Waals surface area contributed by atoms with E-state index in [0.29, 0.717) is 11.7 Å². The van der Waals surface area contributed by atoms with Gasteiger partial charge in [-0.3, -0.25) is 0 Å². The van der Waals surface area contributed by atoms with Gasteiger partial charge in [0.2, 0.25) is 0 Å². The fourth-order valence-electron chi connectivity index (χ4n) is 1.77. The summed E-state index contributed by atoms with van der Waals surface area (Å²) < 4.78 is 5.31. The van der Waals surface area contributed by atoms with E-state index in [4.69, 9.17) is 16.3 Å². The lowest BCUT2D eigenvalue weighted by molar-refractivity contribution is 0.410. The zero-order valence-electron chi connectivity index (χ0n) is 10.4. The Balaban J connectivity index is 2.16. The van der Waals surface area contributed by atoms with E-state index in [2.05, 4.69) is 10.3 Å². The van der Waals surface area contributed by atoms with Gasteiger partial charge in [0.15, 0.2) is 5.15 Å². The van der Waals surface area contributed by atoms with Crippen LogP contribution in [-0.4, -0.2) is 12.1 Å². The van der Waals surface area contributed by atoms with Crippen LogP contribution in [0.15, 0.2) is 36.5 Å². The first kappa shape index (κ1) is 12.7. The fourth-order valence-corrected chi connectivity index (χ4v) is 2.04. The highest BCUT2D eigenvalue weighted by Crippen LogP contribution is 2.25. The van der Waals surface area contributed by atoms with Crippen LogP contribution in [-0.2, 0) is 6.54 Å². The summed E-state index contributed by atoms with van der Waals surface area (Å²) in [7, 11) is 1.67. The van der Waals surface area contributed by atoms with Crippen molar-refractivity contribution in [3.05, 3.63) is 52.8 Å². The molecule has 0 radical (unpaired) electrons. The molecule has 2 rings (SSSR count). The van der Waals surface area contributed by atoms with E-state index < -0.39 is 0 Å². The van der Waals surface area contributed by atoms with Crippen LogP contribution in [0.4, 0.5) is 5.69 Å². The van der Waals surface area contributed by atoms with Crippen molar-refractivity contribution >= 4 is 17.3 Å². The smallest absolute Gasteiger partial charge is 0.152 e. The zero-order valence-corrected chi connectivity index (χ0v) is 11.2. The predicted molar refractivity (Wildman–Crippen MR) is 74.3 cm³/mol. The average Bonchev–Trinajstić information content (AvgIpc) is 2.38. The third-order valence-corrected chi connectivity index (χ3v) is 3.05. The van der Waals surface area contributed by atoms with Crippen LogP contribution in [0.1, 0.15) is 11.1 Å². The van der Waals surface area contributed by atoms with Gasteiger partial charge in [0, 0.05) is 18.3 Å². The molecule has 1 aromatic heterocycles. The molecule has 0 amide bonds. The Kier molecular flexibility index (Phi) is 4.05. The summed E-state index contributed by atoms with van der Waals surface area (Å²) in [6.07, 6.45) is 1.70. The molecule has 0 saturated carbocycles. The van der Waals surface area contributed by atoms with Gasteiger partial charge in [-0.2, -0.15) is 0 Å². The van der Waals surface area contributed by atoms with Gasteiger partial charge in [0.25, 0.3) is 0 Å². The van der Waals surface area contributed by atoms with Crippen molar-refractivity contribution in [1.82, 2.24) is 4.98 Å². The van der Waals surface area contributed by atoms with E-state index in [1.807, 2.05) is 37.3 Å². The lowest BCUT2D eigenvalue weighted by Crippen LogP contribution is -2.04. The number of rotatable bonds is 4. The molecule has 1 heterocycles. The summed E-state index contributed by atoms with van der Waals surface area (Å²) in [5, 5.41) is 3.79. The van der Waals surface area contributed by atoms with E-state index in [1.165, 1.54) is 0 Å². The van der Waals surface area contributed by atoms with Gasteiger partial charge in [-0.1, -0.05) is 29.8 Å². The van der Waals surface area contributed by atoms with Crippen LogP contribution in [0.5, 0.6) is 5.75 Å². The van der Waals surface area contributed by atoms with Crippen LogP contribution >= 0.6 is 11.6 Å². The Labute approximate surface area is 112 Å². The number of anilines is 1. The molecular formula is C14H15ClN2O. The van der Waals surface area contributed by atoms with Crippen molar-refractivity contribution in [1.29, 1.82) is 0 Å². The molecule has 2 aromatic rings. The Morgan fingerprint density at radius 2 is 2.06 bits per heavy atom. The maximum Gasteiger partial charge on any atom is 0.152 e. The van der Waals surface area contributed by atoms with E-state index in [-0.39, 0.29) is 0 Å². The lowest BCUT2D eigenvalue weighted by Gasteiger charge is -2.12. The number of hydrogen-bond donors (Lipinski definition) is 1. The first-order chi connectivity index (χ1) is 8.72. The summed E-state index contributed by atoms with van der Waals surface area (Å²) in [5.41, 5.74) is 3.02. The normalized spacial score (nSPS) is 10.2. The summed E-state index contributed by atoms with van der Waals surface area (Å²) in [5.74, 6) is 0.864. The monoisotopic (exact) mass is 262 g/mol. The Hall–Kier alpha value is -1.74. The lowest BCUT2D eigenvalue weighted by atomic mass is 10.2. The first-order valence-corrected chi connectivity index (χ1v) is 6.07. The largest absolute Gasteiger partial charge is 0.496 e. The summed E-state index contributed by atoms with van der Waals surface area (Å²) in [6.45, 7) is 2.65. The molecule has 3 nitrogen and oxygen atoms in total. The highest BCUT2D eigenvalue weighted by Gasteiger charge is 2.06. The van der Waals surface area contributed by atoms with Gasteiger partial charge >= 0.3 is 0 Å². The average molecular weight is 263 g/mol. The minimum atomic E-state index is 0.491. The minimum Gasteiger partial charge on any atom is -0.496 e. The van der Waals surface area contributed by atoms with Crippen LogP contribution in [0, 0.1) is 6.92 Å². The van der Waals surface area contributed by atoms with Crippen molar-refractivity contribution in [2.45, 2.75) is 13.5 Å². The molecule has 1 aromatic carbocycles. The number of nitrogens with zero attached hydrogens (tertiary/aromatic N) is 1. The van der Waals surface area contributed by atoms with Crippen molar-refractivity contribution < 1.29 is 4.74 Å². The van der Waals surface area contributed by atoms with Crippen LogP contribution < -0.4 is 10.1 Å². The van der Waals surface area contributed by atoms with Gasteiger partial charge in [0.05, 0.1) is 12.8 Å². The number of benzene rings is 1. The SMILES string of the molecule is COc1ccccc1CNc1c(C)ccnc1Cl. The van der Waals surface area contributed by atoms with Crippen LogP contribution in [0.2, 0.25) is 5.15 Å². The maximum absolute atomic E-state index is 6.06. The number of hydrogen-bond acceptors (Lipinski definition) is 3. The number of para-hydroxylation sites is 1. The molecule has 0 bridgehead atoms. The second kappa shape index (κ2) is 5.74. The molecule has 0 spiro atoms. The van der Waals surface area contributed by atoms with Crippen molar-refractivity contribution in [3.8, 4) is 5.75 Å². The minimum absolute atomic E-state index is 0.491. The Bertz CT molecular complexity index is 523. The molecule has 0 aliphatic rings. The topological polar surface area (TPSA) is 34.1 Å². The van der Waals surface area contributed by atoms with E-state index in [9.17, 15) is 0 Å². The Morgan fingerprint density at radius 3 is 2.78 bits per heavy atom. The fraction of sp³-hybridized carbons (Fsp3) is 0.214. The molecule has 18 heavy (non-hydrogen) atoms. The molecule has 94 valence electrons. The van der Waals surface area contributed by atoms with Gasteiger partial charge in [0.1, 0.15) is 5.75 Å². The van der Waals surface area contributed by atoms with Gasteiger partial charge in [-0.05, 0) is 24.6 Å². The number of methoxy groups -OCH3 is 1. The molecule has 0 fully saturated rings. The molecule has 4 heteroatoms. The van der Waals surface area contributed by atoms with Crippen LogP contribution in [0.3, 0.4) is 0 Å². The highest BCUT2D eigenvalue weighted by molar-refractivity contribution is 6.32. The first-order valence-electron chi connectivity index (χ1n) is 5.69. The quantitative estimate of drug-likeness (QED) is 0.854. The number of aromatic nitrogens is 1. The third-order valence-electron chi connectivity index (χ3n) is 2.76. The summed E-state index contributed by atoms with van der Waals surface area (Å²) in [6, 6.07) is 9.82. The van der Waals surface area contributed by atoms with Crippen LogP contribution in [0.25, 0.3) is 0 Å².